The molecule has 0 bridgehead atoms. The number of amides is 1. The van der Waals surface area contributed by atoms with Gasteiger partial charge in [0.25, 0.3) is 0 Å². The molecule has 0 atom stereocenters. The highest BCUT2D eigenvalue weighted by Gasteiger charge is 2.02. The lowest BCUT2D eigenvalue weighted by Crippen LogP contribution is -2.07. The minimum absolute atomic E-state index is 0.236. The van der Waals surface area contributed by atoms with Gasteiger partial charge in [-0.1, -0.05) is 29.3 Å². The van der Waals surface area contributed by atoms with Crippen LogP contribution in [0, 0.1) is 6.92 Å². The summed E-state index contributed by atoms with van der Waals surface area (Å²) in [4.78, 5) is 15.8. The molecule has 0 aliphatic heterocycles. The number of aryl methyl sites for hydroxylation is 1. The predicted molar refractivity (Wildman–Crippen MR) is 81.0 cm³/mol. The van der Waals surface area contributed by atoms with Gasteiger partial charge in [-0.2, -0.15) is 0 Å². The molecule has 6 heteroatoms. The van der Waals surface area contributed by atoms with Crippen LogP contribution in [0.3, 0.4) is 0 Å². The highest BCUT2D eigenvalue weighted by Crippen LogP contribution is 2.23. The number of carbonyl (C=O) groups excluding carboxylic acids is 1. The molecule has 0 aliphatic carbocycles. The maximum atomic E-state index is 11.7. The summed E-state index contributed by atoms with van der Waals surface area (Å²) in [5.74, 6) is -0.236. The lowest BCUT2D eigenvalue weighted by Gasteiger charge is -1.98. The van der Waals surface area contributed by atoms with Crippen LogP contribution < -0.4 is 5.32 Å². The Hall–Kier alpha value is -1.36. The van der Waals surface area contributed by atoms with E-state index in [9.17, 15) is 4.79 Å². The van der Waals surface area contributed by atoms with Gasteiger partial charge in [-0.3, -0.25) is 10.1 Å². The van der Waals surface area contributed by atoms with Crippen LogP contribution in [0.5, 0.6) is 0 Å². The first-order valence-electron chi connectivity index (χ1n) is 5.41. The molecular weight excluding hydrogens is 303 g/mol. The lowest BCUT2D eigenvalue weighted by molar-refractivity contribution is -0.111. The number of hydrogen-bond acceptors (Lipinski definition) is 3. The third-order valence-corrected chi connectivity index (χ3v) is 3.83. The van der Waals surface area contributed by atoms with E-state index in [2.05, 4.69) is 10.3 Å². The Morgan fingerprint density at radius 3 is 2.79 bits per heavy atom. The second-order valence-corrected chi connectivity index (χ2v) is 5.46. The van der Waals surface area contributed by atoms with Gasteiger partial charge in [-0.25, -0.2) is 4.98 Å². The predicted octanol–water partition coefficient (Wildman–Crippen LogP) is 4.41. The summed E-state index contributed by atoms with van der Waals surface area (Å²) in [5, 5.41) is 6.09. The third-order valence-electron chi connectivity index (χ3n) is 2.22. The first-order chi connectivity index (χ1) is 9.04. The van der Waals surface area contributed by atoms with Gasteiger partial charge in [0, 0.05) is 11.5 Å². The number of anilines is 1. The number of nitrogens with one attached hydrogen (secondary N) is 1. The second-order valence-electron chi connectivity index (χ2n) is 3.79. The fourth-order valence-electron chi connectivity index (χ4n) is 1.35. The van der Waals surface area contributed by atoms with Gasteiger partial charge in [0.2, 0.25) is 5.91 Å². The van der Waals surface area contributed by atoms with Crippen molar-refractivity contribution in [1.82, 2.24) is 4.98 Å². The molecule has 0 fully saturated rings. The van der Waals surface area contributed by atoms with Crippen molar-refractivity contribution in [3.8, 4) is 0 Å². The molecule has 0 unspecified atom stereocenters. The van der Waals surface area contributed by atoms with Crippen molar-refractivity contribution < 1.29 is 4.79 Å². The fourth-order valence-corrected chi connectivity index (χ4v) is 2.34. The number of nitrogens with zero attached hydrogens (tertiary/aromatic N) is 1. The standard InChI is InChI=1S/C13H10Cl2N2OS/c1-8-7-19-13(16-8)17-12(18)5-3-9-2-4-10(14)11(15)6-9/h2-7H,1H3,(H,16,17,18)/b5-3+. The molecule has 0 spiro atoms. The number of thiazole rings is 1. The van der Waals surface area contributed by atoms with Crippen molar-refractivity contribution in [3.05, 3.63) is 51.0 Å². The Morgan fingerprint density at radius 1 is 1.37 bits per heavy atom. The Balaban J connectivity index is 2.01. The van der Waals surface area contributed by atoms with Crippen LogP contribution in [0.25, 0.3) is 6.08 Å². The van der Waals surface area contributed by atoms with E-state index in [4.69, 9.17) is 23.2 Å². The van der Waals surface area contributed by atoms with E-state index in [-0.39, 0.29) is 5.91 Å². The molecule has 0 radical (unpaired) electrons. The zero-order chi connectivity index (χ0) is 13.8. The molecular formula is C13H10Cl2N2OS. The fraction of sp³-hybridized carbons (Fsp3) is 0.0769. The Labute approximate surface area is 124 Å². The van der Waals surface area contributed by atoms with E-state index < -0.39 is 0 Å². The second kappa shape index (κ2) is 6.19. The largest absolute Gasteiger partial charge is 0.298 e. The number of halogens is 2. The van der Waals surface area contributed by atoms with E-state index >= 15 is 0 Å². The molecule has 0 saturated heterocycles. The van der Waals surface area contributed by atoms with Crippen molar-refractivity contribution in [2.75, 3.05) is 5.32 Å². The van der Waals surface area contributed by atoms with Crippen LogP contribution in [0.4, 0.5) is 5.13 Å². The number of carbonyl (C=O) groups is 1. The van der Waals surface area contributed by atoms with Crippen LogP contribution in [0.1, 0.15) is 11.3 Å². The van der Waals surface area contributed by atoms with Crippen molar-refractivity contribution in [2.24, 2.45) is 0 Å². The van der Waals surface area contributed by atoms with Gasteiger partial charge in [-0.15, -0.1) is 11.3 Å². The van der Waals surface area contributed by atoms with E-state index in [1.807, 2.05) is 12.3 Å². The maximum absolute atomic E-state index is 11.7. The van der Waals surface area contributed by atoms with Crippen LogP contribution >= 0.6 is 34.5 Å². The molecule has 98 valence electrons. The molecule has 2 aromatic rings. The minimum Gasteiger partial charge on any atom is -0.298 e. The SMILES string of the molecule is Cc1csc(NC(=O)/C=C/c2ccc(Cl)c(Cl)c2)n1. The summed E-state index contributed by atoms with van der Waals surface area (Å²) in [6.45, 7) is 1.87. The van der Waals surface area contributed by atoms with Crippen molar-refractivity contribution in [1.29, 1.82) is 0 Å². The van der Waals surface area contributed by atoms with Gasteiger partial charge in [0.15, 0.2) is 5.13 Å². The Morgan fingerprint density at radius 2 is 2.16 bits per heavy atom. The summed E-state index contributed by atoms with van der Waals surface area (Å²) in [6, 6.07) is 5.17. The molecule has 1 amide bonds. The lowest BCUT2D eigenvalue weighted by atomic mass is 10.2. The molecule has 1 aromatic heterocycles. The summed E-state index contributed by atoms with van der Waals surface area (Å²) in [6.07, 6.45) is 3.09. The van der Waals surface area contributed by atoms with E-state index in [0.717, 1.165) is 11.3 Å². The van der Waals surface area contributed by atoms with Crippen LogP contribution in [0.2, 0.25) is 10.0 Å². The van der Waals surface area contributed by atoms with Gasteiger partial charge < -0.3 is 0 Å². The van der Waals surface area contributed by atoms with Crippen LogP contribution in [-0.4, -0.2) is 10.9 Å². The van der Waals surface area contributed by atoms with Gasteiger partial charge in [-0.05, 0) is 30.7 Å². The molecule has 3 nitrogen and oxygen atoms in total. The molecule has 2 rings (SSSR count). The molecule has 1 heterocycles. The summed E-state index contributed by atoms with van der Waals surface area (Å²) < 4.78 is 0. The number of benzene rings is 1. The van der Waals surface area contributed by atoms with Gasteiger partial charge in [0.05, 0.1) is 15.7 Å². The van der Waals surface area contributed by atoms with Crippen molar-refractivity contribution >= 4 is 51.7 Å². The van der Waals surface area contributed by atoms with E-state index in [1.54, 1.807) is 24.3 Å². The summed E-state index contributed by atoms with van der Waals surface area (Å²) in [5.41, 5.74) is 1.69. The van der Waals surface area contributed by atoms with E-state index in [0.29, 0.717) is 15.2 Å². The monoisotopic (exact) mass is 312 g/mol. The molecule has 1 N–H and O–H groups in total. The first-order valence-corrected chi connectivity index (χ1v) is 7.04. The quantitative estimate of drug-likeness (QED) is 0.853. The minimum atomic E-state index is -0.236. The summed E-state index contributed by atoms with van der Waals surface area (Å²) in [7, 11) is 0. The van der Waals surface area contributed by atoms with Gasteiger partial charge >= 0.3 is 0 Å². The van der Waals surface area contributed by atoms with Gasteiger partial charge in [0.1, 0.15) is 0 Å². The number of rotatable bonds is 3. The van der Waals surface area contributed by atoms with E-state index in [1.165, 1.54) is 17.4 Å². The average Bonchev–Trinajstić information content (AvgIpc) is 2.76. The van der Waals surface area contributed by atoms with Crippen molar-refractivity contribution in [3.63, 3.8) is 0 Å². The molecule has 19 heavy (non-hydrogen) atoms. The molecule has 1 aromatic carbocycles. The molecule has 0 saturated carbocycles. The zero-order valence-electron chi connectivity index (χ0n) is 9.98. The molecule has 0 aliphatic rings. The maximum Gasteiger partial charge on any atom is 0.250 e. The zero-order valence-corrected chi connectivity index (χ0v) is 12.3. The highest BCUT2D eigenvalue weighted by atomic mass is 35.5. The smallest absolute Gasteiger partial charge is 0.250 e. The third kappa shape index (κ3) is 4.06. The first kappa shape index (κ1) is 14.1. The van der Waals surface area contributed by atoms with Crippen molar-refractivity contribution in [2.45, 2.75) is 6.92 Å². The van der Waals surface area contributed by atoms with Crippen LogP contribution in [0.15, 0.2) is 29.7 Å². The highest BCUT2D eigenvalue weighted by molar-refractivity contribution is 7.13. The number of aromatic nitrogens is 1. The topological polar surface area (TPSA) is 42.0 Å². The normalized spacial score (nSPS) is 10.9. The number of hydrogen-bond donors (Lipinski definition) is 1. The Bertz CT molecular complexity index is 637. The average molecular weight is 313 g/mol. The Kier molecular flexibility index (Phi) is 4.58. The van der Waals surface area contributed by atoms with Crippen LogP contribution in [-0.2, 0) is 4.79 Å². The summed E-state index contributed by atoms with van der Waals surface area (Å²) >= 11 is 13.1.